The highest BCUT2D eigenvalue weighted by atomic mass is 16.2. The Morgan fingerprint density at radius 3 is 2.68 bits per heavy atom. The Labute approximate surface area is 147 Å². The van der Waals surface area contributed by atoms with E-state index in [9.17, 15) is 4.79 Å². The zero-order valence-electron chi connectivity index (χ0n) is 14.3. The molecule has 1 atom stereocenters. The van der Waals surface area contributed by atoms with Gasteiger partial charge in [-0.3, -0.25) is 9.78 Å². The normalized spacial score (nSPS) is 19.2. The number of rotatable bonds is 2. The molecule has 1 aliphatic heterocycles. The maximum Gasteiger partial charge on any atom is 0.259 e. The summed E-state index contributed by atoms with van der Waals surface area (Å²) in [5, 5.41) is 0.952. The molecule has 25 heavy (non-hydrogen) atoms. The number of hydrogen-bond acceptors (Lipinski definition) is 2. The van der Waals surface area contributed by atoms with Crippen LogP contribution < -0.4 is 4.90 Å². The molecule has 1 aromatic heterocycles. The van der Waals surface area contributed by atoms with E-state index in [1.165, 1.54) is 18.4 Å². The van der Waals surface area contributed by atoms with E-state index in [-0.39, 0.29) is 11.9 Å². The summed E-state index contributed by atoms with van der Waals surface area (Å²) in [5.74, 6) is 0.623. The average Bonchev–Trinajstić information content (AvgIpc) is 3.42. The fourth-order valence-corrected chi connectivity index (χ4v) is 3.97. The molecule has 0 N–H and O–H groups in total. The monoisotopic (exact) mass is 328 g/mol. The van der Waals surface area contributed by atoms with E-state index < -0.39 is 0 Å². The predicted molar refractivity (Wildman–Crippen MR) is 100 cm³/mol. The molecule has 2 aliphatic rings. The third-order valence-corrected chi connectivity index (χ3v) is 5.39. The predicted octanol–water partition coefficient (Wildman–Crippen LogP) is 4.70. The Morgan fingerprint density at radius 2 is 1.84 bits per heavy atom. The standard InChI is InChI=1S/C22H20N2O/c1-14-12-16-6-2-5-9-21(16)24(14)22(25)18-13-20(15-10-11-15)23-19-8-4-3-7-17(18)19/h2-9,13-15H,10-12H2,1H3. The molecule has 5 rings (SSSR count). The molecule has 3 aromatic rings. The molecule has 1 aliphatic carbocycles. The van der Waals surface area contributed by atoms with Crippen molar-refractivity contribution in [2.24, 2.45) is 0 Å². The van der Waals surface area contributed by atoms with Crippen LogP contribution in [0.1, 0.15) is 47.3 Å². The number of hydrogen-bond donors (Lipinski definition) is 0. The lowest BCUT2D eigenvalue weighted by Gasteiger charge is -2.23. The quantitative estimate of drug-likeness (QED) is 0.683. The molecule has 1 saturated carbocycles. The number of fused-ring (bicyclic) bond motifs is 2. The summed E-state index contributed by atoms with van der Waals surface area (Å²) in [5.41, 5.74) is 5.09. The summed E-state index contributed by atoms with van der Waals surface area (Å²) in [6.45, 7) is 2.13. The number of para-hydroxylation sites is 2. The van der Waals surface area contributed by atoms with Crippen LogP contribution in [0.25, 0.3) is 10.9 Å². The van der Waals surface area contributed by atoms with Crippen molar-refractivity contribution in [2.75, 3.05) is 4.90 Å². The molecular formula is C22H20N2O. The number of carbonyl (C=O) groups excluding carboxylic acids is 1. The number of benzene rings is 2. The number of amides is 1. The van der Waals surface area contributed by atoms with Crippen molar-refractivity contribution in [3.05, 3.63) is 71.4 Å². The summed E-state index contributed by atoms with van der Waals surface area (Å²) in [7, 11) is 0. The van der Waals surface area contributed by atoms with Crippen LogP contribution in [-0.2, 0) is 6.42 Å². The Bertz CT molecular complexity index is 990. The Hall–Kier alpha value is -2.68. The second kappa shape index (κ2) is 5.41. The van der Waals surface area contributed by atoms with Crippen LogP contribution in [0.5, 0.6) is 0 Å². The van der Waals surface area contributed by atoms with Gasteiger partial charge in [0.15, 0.2) is 0 Å². The molecule has 124 valence electrons. The van der Waals surface area contributed by atoms with E-state index in [1.54, 1.807) is 0 Å². The number of nitrogens with zero attached hydrogens (tertiary/aromatic N) is 2. The zero-order valence-corrected chi connectivity index (χ0v) is 14.3. The SMILES string of the molecule is CC1Cc2ccccc2N1C(=O)c1cc(C2CC2)nc2ccccc12. The topological polar surface area (TPSA) is 33.2 Å². The summed E-state index contributed by atoms with van der Waals surface area (Å²) in [4.78, 5) is 20.3. The molecule has 1 fully saturated rings. The minimum absolute atomic E-state index is 0.0953. The van der Waals surface area contributed by atoms with Crippen LogP contribution >= 0.6 is 0 Å². The van der Waals surface area contributed by atoms with E-state index >= 15 is 0 Å². The first kappa shape index (κ1) is 14.6. The first-order valence-electron chi connectivity index (χ1n) is 9.03. The summed E-state index contributed by atoms with van der Waals surface area (Å²) in [6, 6.07) is 18.5. The molecule has 2 heterocycles. The summed E-state index contributed by atoms with van der Waals surface area (Å²) < 4.78 is 0. The van der Waals surface area contributed by atoms with Crippen molar-refractivity contribution in [1.29, 1.82) is 0 Å². The van der Waals surface area contributed by atoms with Crippen molar-refractivity contribution < 1.29 is 4.79 Å². The van der Waals surface area contributed by atoms with Gasteiger partial charge >= 0.3 is 0 Å². The van der Waals surface area contributed by atoms with E-state index in [0.717, 1.165) is 34.3 Å². The third-order valence-electron chi connectivity index (χ3n) is 5.39. The van der Waals surface area contributed by atoms with Gasteiger partial charge in [0, 0.05) is 28.7 Å². The van der Waals surface area contributed by atoms with Crippen molar-refractivity contribution >= 4 is 22.5 Å². The van der Waals surface area contributed by atoms with Crippen molar-refractivity contribution in [2.45, 2.75) is 38.1 Å². The largest absolute Gasteiger partial charge is 0.305 e. The molecule has 3 nitrogen and oxygen atoms in total. The maximum atomic E-state index is 13.5. The highest BCUT2D eigenvalue weighted by Crippen LogP contribution is 2.41. The van der Waals surface area contributed by atoms with Gasteiger partial charge in [-0.1, -0.05) is 36.4 Å². The lowest BCUT2D eigenvalue weighted by Crippen LogP contribution is -2.36. The number of carbonyl (C=O) groups is 1. The van der Waals surface area contributed by atoms with Crippen LogP contribution in [0, 0.1) is 0 Å². The second-order valence-electron chi connectivity index (χ2n) is 7.24. The lowest BCUT2D eigenvalue weighted by molar-refractivity contribution is 0.0983. The minimum Gasteiger partial charge on any atom is -0.305 e. The summed E-state index contributed by atoms with van der Waals surface area (Å²) in [6.07, 6.45) is 3.28. The van der Waals surface area contributed by atoms with Crippen LogP contribution in [0.2, 0.25) is 0 Å². The fraction of sp³-hybridized carbons (Fsp3) is 0.273. The van der Waals surface area contributed by atoms with Crippen molar-refractivity contribution in [3.63, 3.8) is 0 Å². The van der Waals surface area contributed by atoms with E-state index in [1.807, 2.05) is 47.4 Å². The first-order valence-corrected chi connectivity index (χ1v) is 9.03. The number of aromatic nitrogens is 1. The van der Waals surface area contributed by atoms with Gasteiger partial charge in [-0.25, -0.2) is 0 Å². The molecule has 0 bridgehead atoms. The van der Waals surface area contributed by atoms with Gasteiger partial charge in [0.05, 0.1) is 11.1 Å². The third kappa shape index (κ3) is 2.34. The number of pyridine rings is 1. The highest BCUT2D eigenvalue weighted by Gasteiger charge is 2.33. The number of anilines is 1. The van der Waals surface area contributed by atoms with E-state index in [4.69, 9.17) is 4.98 Å². The van der Waals surface area contributed by atoms with E-state index in [0.29, 0.717) is 5.92 Å². The Kier molecular flexibility index (Phi) is 3.17. The van der Waals surface area contributed by atoms with Gasteiger partial charge in [0.25, 0.3) is 5.91 Å². The zero-order chi connectivity index (χ0) is 17.0. The van der Waals surface area contributed by atoms with Crippen LogP contribution in [-0.4, -0.2) is 16.9 Å². The molecule has 2 aromatic carbocycles. The van der Waals surface area contributed by atoms with Gasteiger partial charge in [-0.2, -0.15) is 0 Å². The average molecular weight is 328 g/mol. The molecule has 1 amide bonds. The van der Waals surface area contributed by atoms with Crippen LogP contribution in [0.4, 0.5) is 5.69 Å². The second-order valence-corrected chi connectivity index (χ2v) is 7.24. The highest BCUT2D eigenvalue weighted by molar-refractivity contribution is 6.14. The minimum atomic E-state index is 0.0953. The van der Waals surface area contributed by atoms with Crippen LogP contribution in [0.3, 0.4) is 0 Å². The van der Waals surface area contributed by atoms with Crippen molar-refractivity contribution in [1.82, 2.24) is 4.98 Å². The van der Waals surface area contributed by atoms with E-state index in [2.05, 4.69) is 19.1 Å². The molecule has 0 radical (unpaired) electrons. The van der Waals surface area contributed by atoms with Gasteiger partial charge in [-0.15, -0.1) is 0 Å². The molecule has 1 unspecified atom stereocenters. The Balaban J connectivity index is 1.67. The van der Waals surface area contributed by atoms with Gasteiger partial charge in [0.2, 0.25) is 0 Å². The molecule has 0 saturated heterocycles. The first-order chi connectivity index (χ1) is 12.2. The van der Waals surface area contributed by atoms with Crippen LogP contribution in [0.15, 0.2) is 54.6 Å². The Morgan fingerprint density at radius 1 is 1.08 bits per heavy atom. The molecule has 3 heteroatoms. The van der Waals surface area contributed by atoms with Gasteiger partial charge < -0.3 is 4.90 Å². The van der Waals surface area contributed by atoms with Gasteiger partial charge in [-0.05, 0) is 49.9 Å². The fourth-order valence-electron chi connectivity index (χ4n) is 3.97. The maximum absolute atomic E-state index is 13.5. The molecular weight excluding hydrogens is 308 g/mol. The smallest absolute Gasteiger partial charge is 0.259 e. The van der Waals surface area contributed by atoms with Crippen molar-refractivity contribution in [3.8, 4) is 0 Å². The summed E-state index contributed by atoms with van der Waals surface area (Å²) >= 11 is 0. The van der Waals surface area contributed by atoms with Gasteiger partial charge in [0.1, 0.15) is 0 Å². The molecule has 0 spiro atoms. The lowest BCUT2D eigenvalue weighted by atomic mass is 10.0.